The van der Waals surface area contributed by atoms with Crippen LogP contribution in [0, 0.1) is 0 Å². The van der Waals surface area contributed by atoms with Crippen LogP contribution in [0.4, 0.5) is 5.82 Å². The molecule has 0 aliphatic heterocycles. The molecule has 130 valence electrons. The van der Waals surface area contributed by atoms with Crippen LogP contribution in [0.1, 0.15) is 0 Å². The van der Waals surface area contributed by atoms with Crippen molar-refractivity contribution >= 4 is 28.8 Å². The normalized spacial score (nSPS) is 10.8. The highest BCUT2D eigenvalue weighted by Gasteiger charge is 2.18. The molecule has 0 radical (unpaired) electrons. The first-order valence-corrected chi connectivity index (χ1v) is 8.99. The summed E-state index contributed by atoms with van der Waals surface area (Å²) >= 11 is 7.50. The summed E-state index contributed by atoms with van der Waals surface area (Å²) in [6.45, 7) is 0. The van der Waals surface area contributed by atoms with E-state index in [0.717, 1.165) is 22.7 Å². The Morgan fingerprint density at radius 3 is 2.81 bits per heavy atom. The summed E-state index contributed by atoms with van der Waals surface area (Å²) in [7, 11) is 1.64. The zero-order chi connectivity index (χ0) is 18.1. The van der Waals surface area contributed by atoms with Gasteiger partial charge in [-0.15, -0.1) is 16.4 Å². The van der Waals surface area contributed by atoms with Crippen molar-refractivity contribution in [2.75, 3.05) is 12.8 Å². The van der Waals surface area contributed by atoms with Crippen LogP contribution in [-0.2, 0) is 0 Å². The number of rotatable bonds is 4. The van der Waals surface area contributed by atoms with Crippen LogP contribution < -0.4 is 10.5 Å². The van der Waals surface area contributed by atoms with E-state index < -0.39 is 0 Å². The van der Waals surface area contributed by atoms with Gasteiger partial charge in [0.05, 0.1) is 18.5 Å². The maximum absolute atomic E-state index is 6.26. The molecule has 0 atom stereocenters. The van der Waals surface area contributed by atoms with E-state index in [-0.39, 0.29) is 0 Å². The number of aromatic nitrogens is 4. The number of para-hydroxylation sites is 1. The highest BCUT2D eigenvalue weighted by Crippen LogP contribution is 2.35. The van der Waals surface area contributed by atoms with Gasteiger partial charge in [-0.3, -0.25) is 0 Å². The van der Waals surface area contributed by atoms with Gasteiger partial charge in [0.15, 0.2) is 11.5 Å². The number of thiazole rings is 1. The Kier molecular flexibility index (Phi) is 4.32. The molecule has 0 saturated heterocycles. The van der Waals surface area contributed by atoms with E-state index in [1.54, 1.807) is 23.9 Å². The first-order chi connectivity index (χ1) is 12.7. The largest absolute Gasteiger partial charge is 0.496 e. The fourth-order valence-electron chi connectivity index (χ4n) is 2.60. The molecule has 2 aromatic carbocycles. The third kappa shape index (κ3) is 2.91. The van der Waals surface area contributed by atoms with Gasteiger partial charge in [0.25, 0.3) is 0 Å². The van der Waals surface area contributed by atoms with Crippen LogP contribution in [0.15, 0.2) is 53.9 Å². The van der Waals surface area contributed by atoms with E-state index in [2.05, 4.69) is 15.3 Å². The number of nitrogens with two attached hydrogens (primary N) is 1. The fraction of sp³-hybridized carbons (Fsp3) is 0.0556. The molecule has 0 aliphatic carbocycles. The van der Waals surface area contributed by atoms with Crippen molar-refractivity contribution in [3.05, 3.63) is 58.9 Å². The number of benzene rings is 2. The van der Waals surface area contributed by atoms with Crippen molar-refractivity contribution < 1.29 is 4.74 Å². The van der Waals surface area contributed by atoms with E-state index >= 15 is 0 Å². The third-order valence-electron chi connectivity index (χ3n) is 3.85. The Labute approximate surface area is 158 Å². The topological polar surface area (TPSA) is 78.9 Å². The van der Waals surface area contributed by atoms with Gasteiger partial charge in [-0.2, -0.15) is 4.68 Å². The quantitative estimate of drug-likeness (QED) is 0.568. The first kappa shape index (κ1) is 16.6. The van der Waals surface area contributed by atoms with Gasteiger partial charge in [0.2, 0.25) is 0 Å². The van der Waals surface area contributed by atoms with E-state index in [4.69, 9.17) is 22.1 Å². The van der Waals surface area contributed by atoms with Crippen molar-refractivity contribution in [3.63, 3.8) is 0 Å². The lowest BCUT2D eigenvalue weighted by atomic mass is 10.1. The second-order valence-corrected chi connectivity index (χ2v) is 6.75. The molecule has 8 heteroatoms. The lowest BCUT2D eigenvalue weighted by Gasteiger charge is -2.05. The molecule has 4 rings (SSSR count). The molecule has 4 aromatic rings. The van der Waals surface area contributed by atoms with Crippen molar-refractivity contribution in [3.8, 4) is 33.4 Å². The van der Waals surface area contributed by atoms with Gasteiger partial charge in [0, 0.05) is 16.0 Å². The number of anilines is 1. The lowest BCUT2D eigenvalue weighted by molar-refractivity contribution is 0.416. The number of methoxy groups -OCH3 is 1. The van der Waals surface area contributed by atoms with Crippen molar-refractivity contribution in [2.45, 2.75) is 0 Å². The number of nitrogen functional groups attached to an aromatic ring is 1. The second kappa shape index (κ2) is 6.78. The van der Waals surface area contributed by atoms with Crippen LogP contribution >= 0.6 is 22.9 Å². The Morgan fingerprint density at radius 2 is 2.00 bits per heavy atom. The lowest BCUT2D eigenvalue weighted by Crippen LogP contribution is -2.02. The number of nitrogens with zero attached hydrogens (tertiary/aromatic N) is 4. The second-order valence-electron chi connectivity index (χ2n) is 5.45. The molecule has 0 fully saturated rings. The van der Waals surface area contributed by atoms with Gasteiger partial charge in [-0.05, 0) is 30.3 Å². The monoisotopic (exact) mass is 383 g/mol. The van der Waals surface area contributed by atoms with Gasteiger partial charge >= 0.3 is 0 Å². The zero-order valence-corrected chi connectivity index (χ0v) is 15.3. The highest BCUT2D eigenvalue weighted by atomic mass is 35.5. The van der Waals surface area contributed by atoms with Crippen LogP contribution in [0.25, 0.3) is 27.6 Å². The summed E-state index contributed by atoms with van der Waals surface area (Å²) < 4.78 is 6.95. The minimum Gasteiger partial charge on any atom is -0.496 e. The summed E-state index contributed by atoms with van der Waals surface area (Å²) in [5, 5.41) is 11.6. The van der Waals surface area contributed by atoms with E-state index in [1.165, 1.54) is 11.3 Å². The van der Waals surface area contributed by atoms with E-state index in [1.807, 2.05) is 41.8 Å². The van der Waals surface area contributed by atoms with Gasteiger partial charge in [-0.1, -0.05) is 35.0 Å². The summed E-state index contributed by atoms with van der Waals surface area (Å²) in [6.07, 6.45) is 0. The molecule has 2 aromatic heterocycles. The van der Waals surface area contributed by atoms with Gasteiger partial charge in [-0.25, -0.2) is 4.98 Å². The predicted molar refractivity (Wildman–Crippen MR) is 104 cm³/mol. The van der Waals surface area contributed by atoms with Crippen molar-refractivity contribution in [2.24, 2.45) is 0 Å². The minimum absolute atomic E-state index is 0.410. The van der Waals surface area contributed by atoms with Crippen molar-refractivity contribution in [1.82, 2.24) is 20.0 Å². The Hall–Kier alpha value is -2.90. The van der Waals surface area contributed by atoms with Crippen LogP contribution in [0.5, 0.6) is 5.75 Å². The number of ether oxygens (including phenoxy) is 1. The smallest absolute Gasteiger partial charge is 0.165 e. The fourth-order valence-corrected chi connectivity index (χ4v) is 3.60. The third-order valence-corrected chi connectivity index (χ3v) is 4.93. The summed E-state index contributed by atoms with van der Waals surface area (Å²) in [5.41, 5.74) is 9.26. The molecule has 2 heterocycles. The van der Waals surface area contributed by atoms with E-state index in [9.17, 15) is 0 Å². The van der Waals surface area contributed by atoms with Crippen LogP contribution in [0.3, 0.4) is 0 Å². The molecule has 26 heavy (non-hydrogen) atoms. The molecule has 0 aliphatic rings. The number of hydrogen-bond acceptors (Lipinski definition) is 6. The van der Waals surface area contributed by atoms with E-state index in [0.29, 0.717) is 21.5 Å². The molecule has 2 N–H and O–H groups in total. The molecule has 0 saturated carbocycles. The van der Waals surface area contributed by atoms with Gasteiger partial charge < -0.3 is 10.5 Å². The standard InChI is InChI=1S/C18H14ClN5OS/c1-25-15-8-3-2-7-13(15)14-10-26-18(21-14)16-17(20)24(23-22-16)12-6-4-5-11(19)9-12/h2-10H,20H2,1H3. The average Bonchev–Trinajstić information content (AvgIpc) is 3.28. The maximum atomic E-state index is 6.26. The Morgan fingerprint density at radius 1 is 1.15 bits per heavy atom. The molecule has 6 nitrogen and oxygen atoms in total. The van der Waals surface area contributed by atoms with Gasteiger partial charge in [0.1, 0.15) is 10.8 Å². The average molecular weight is 384 g/mol. The molecule has 0 amide bonds. The molecular formula is C18H14ClN5OS. The number of hydrogen-bond donors (Lipinski definition) is 1. The van der Waals surface area contributed by atoms with Crippen molar-refractivity contribution in [1.29, 1.82) is 0 Å². The SMILES string of the molecule is COc1ccccc1-c1csc(-c2nnn(-c3cccc(Cl)c3)c2N)n1. The van der Waals surface area contributed by atoms with Crippen LogP contribution in [0.2, 0.25) is 5.02 Å². The molecule has 0 bridgehead atoms. The summed E-state index contributed by atoms with van der Waals surface area (Å²) in [4.78, 5) is 4.66. The molecular weight excluding hydrogens is 370 g/mol. The zero-order valence-electron chi connectivity index (χ0n) is 13.8. The first-order valence-electron chi connectivity index (χ1n) is 7.74. The predicted octanol–water partition coefficient (Wildman–Crippen LogP) is 4.30. The minimum atomic E-state index is 0.410. The molecule has 0 unspecified atom stereocenters. The van der Waals surface area contributed by atoms with Crippen LogP contribution in [-0.4, -0.2) is 27.1 Å². The molecule has 0 spiro atoms. The Bertz CT molecular complexity index is 1070. The summed E-state index contributed by atoms with van der Waals surface area (Å²) in [5.74, 6) is 1.17. The Balaban J connectivity index is 1.73. The highest BCUT2D eigenvalue weighted by molar-refractivity contribution is 7.13. The number of halogens is 1. The summed E-state index contributed by atoms with van der Waals surface area (Å²) in [6, 6.07) is 15.0. The maximum Gasteiger partial charge on any atom is 0.165 e.